The molecule has 0 spiro atoms. The maximum atomic E-state index is 6.15. The number of benzene rings is 3. The lowest BCUT2D eigenvalue weighted by Gasteiger charge is -2.12. The van der Waals surface area contributed by atoms with Gasteiger partial charge in [-0.2, -0.15) is 0 Å². The highest BCUT2D eigenvalue weighted by Crippen LogP contribution is 2.32. The van der Waals surface area contributed by atoms with Gasteiger partial charge in [-0.25, -0.2) is 0 Å². The summed E-state index contributed by atoms with van der Waals surface area (Å²) in [5.74, 6) is 1.65. The van der Waals surface area contributed by atoms with Crippen molar-refractivity contribution >= 4 is 45.7 Å². The Morgan fingerprint density at radius 1 is 1.04 bits per heavy atom. The van der Waals surface area contributed by atoms with Gasteiger partial charge in [0.1, 0.15) is 5.75 Å². The lowest BCUT2D eigenvalue weighted by Crippen LogP contribution is -2.03. The number of aromatic nitrogens is 2. The van der Waals surface area contributed by atoms with E-state index in [0.29, 0.717) is 26.9 Å². The van der Waals surface area contributed by atoms with E-state index in [4.69, 9.17) is 32.4 Å². The van der Waals surface area contributed by atoms with Gasteiger partial charge in [-0.1, -0.05) is 77.4 Å². The second-order valence-electron chi connectivity index (χ2n) is 6.17. The molecule has 7 heteroatoms. The Bertz CT molecular complexity index is 1110. The fraction of sp³-hybridized carbons (Fsp3) is 0.143. The Morgan fingerprint density at radius 2 is 1.86 bits per heavy atom. The fourth-order valence-electron chi connectivity index (χ4n) is 2.81. The molecule has 3 aromatic carbocycles. The quantitative estimate of drug-likeness (QED) is 0.309. The minimum absolute atomic E-state index is 0.395. The summed E-state index contributed by atoms with van der Waals surface area (Å²) in [5, 5.41) is 12.2. The monoisotopic (exact) mass is 430 g/mol. The second kappa shape index (κ2) is 8.43. The zero-order valence-electron chi connectivity index (χ0n) is 14.9. The van der Waals surface area contributed by atoms with Gasteiger partial charge in [-0.05, 0) is 41.5 Å². The Balaban J connectivity index is 1.44. The molecule has 0 aliphatic carbocycles. The molecule has 1 aromatic heterocycles. The third-order valence-electron chi connectivity index (χ3n) is 4.20. The molecule has 0 saturated heterocycles. The molecule has 0 bridgehead atoms. The predicted octanol–water partition coefficient (Wildman–Crippen LogP) is 6.96. The van der Waals surface area contributed by atoms with Gasteiger partial charge in [-0.3, -0.25) is 0 Å². The van der Waals surface area contributed by atoms with Crippen molar-refractivity contribution < 1.29 is 9.15 Å². The number of nitrogens with zero attached hydrogens (tertiary/aromatic N) is 2. The lowest BCUT2D eigenvalue weighted by atomic mass is 10.1. The number of fused-ring (bicyclic) bond motifs is 1. The number of rotatable bonds is 6. The smallest absolute Gasteiger partial charge is 0.277 e. The van der Waals surface area contributed by atoms with E-state index in [2.05, 4.69) is 40.5 Å². The first-order valence-corrected chi connectivity index (χ1v) is 10.4. The van der Waals surface area contributed by atoms with Crippen LogP contribution in [-0.4, -0.2) is 10.2 Å². The number of ether oxygens (including phenoxy) is 1. The summed E-state index contributed by atoms with van der Waals surface area (Å²) in [6.45, 7) is 1.83. The molecule has 0 fully saturated rings. The highest BCUT2D eigenvalue weighted by Gasteiger charge is 2.17. The summed E-state index contributed by atoms with van der Waals surface area (Å²) in [6.07, 6.45) is -0.432. The van der Waals surface area contributed by atoms with Gasteiger partial charge in [0.25, 0.3) is 11.1 Å². The number of thioether (sulfide) groups is 1. The zero-order chi connectivity index (χ0) is 19.5. The van der Waals surface area contributed by atoms with Crippen LogP contribution in [0.5, 0.6) is 5.75 Å². The van der Waals surface area contributed by atoms with Gasteiger partial charge in [0.15, 0.2) is 6.10 Å². The van der Waals surface area contributed by atoms with Crippen LogP contribution in [0.3, 0.4) is 0 Å². The van der Waals surface area contributed by atoms with E-state index >= 15 is 0 Å². The summed E-state index contributed by atoms with van der Waals surface area (Å²) >= 11 is 13.6. The molecule has 0 radical (unpaired) electrons. The van der Waals surface area contributed by atoms with Gasteiger partial charge in [0, 0.05) is 10.8 Å². The van der Waals surface area contributed by atoms with Crippen molar-refractivity contribution in [2.75, 3.05) is 0 Å². The van der Waals surface area contributed by atoms with Crippen LogP contribution in [0.1, 0.15) is 24.5 Å². The van der Waals surface area contributed by atoms with Crippen LogP contribution in [-0.2, 0) is 5.75 Å². The Labute approximate surface area is 176 Å². The topological polar surface area (TPSA) is 48.2 Å². The van der Waals surface area contributed by atoms with Gasteiger partial charge < -0.3 is 9.15 Å². The second-order valence-corrected chi connectivity index (χ2v) is 7.94. The summed E-state index contributed by atoms with van der Waals surface area (Å²) < 4.78 is 11.6. The van der Waals surface area contributed by atoms with Crippen molar-refractivity contribution in [2.24, 2.45) is 0 Å². The maximum Gasteiger partial charge on any atom is 0.277 e. The van der Waals surface area contributed by atoms with Crippen LogP contribution >= 0.6 is 35.0 Å². The molecule has 4 aromatic rings. The van der Waals surface area contributed by atoms with Crippen molar-refractivity contribution in [3.05, 3.63) is 82.2 Å². The molecule has 4 nitrogen and oxygen atoms in total. The van der Waals surface area contributed by atoms with E-state index in [1.165, 1.54) is 28.1 Å². The zero-order valence-corrected chi connectivity index (χ0v) is 17.3. The van der Waals surface area contributed by atoms with Crippen molar-refractivity contribution in [2.45, 2.75) is 24.0 Å². The lowest BCUT2D eigenvalue weighted by molar-refractivity contribution is 0.182. The summed E-state index contributed by atoms with van der Waals surface area (Å²) in [5.41, 5.74) is 1.22. The van der Waals surface area contributed by atoms with E-state index in [9.17, 15) is 0 Å². The first-order chi connectivity index (χ1) is 13.6. The fourth-order valence-corrected chi connectivity index (χ4v) is 4.04. The summed E-state index contributed by atoms with van der Waals surface area (Å²) in [7, 11) is 0. The molecule has 0 unspecified atom stereocenters. The minimum Gasteiger partial charge on any atom is -0.479 e. The van der Waals surface area contributed by atoms with Crippen LogP contribution in [0.15, 0.2) is 70.3 Å². The van der Waals surface area contributed by atoms with Gasteiger partial charge in [-0.15, -0.1) is 10.2 Å². The summed E-state index contributed by atoms with van der Waals surface area (Å²) in [6, 6.07) is 19.7. The molecule has 0 saturated carbocycles. The van der Waals surface area contributed by atoms with E-state index in [-0.39, 0.29) is 0 Å². The molecule has 0 aliphatic rings. The van der Waals surface area contributed by atoms with Crippen LogP contribution in [0, 0.1) is 0 Å². The third kappa shape index (κ3) is 4.27. The first-order valence-electron chi connectivity index (χ1n) is 8.65. The van der Waals surface area contributed by atoms with Gasteiger partial charge in [0.2, 0.25) is 0 Å². The molecule has 1 heterocycles. The summed E-state index contributed by atoms with van der Waals surface area (Å²) in [4.78, 5) is 0. The normalized spacial score (nSPS) is 12.2. The standard InChI is InChI=1S/C21H16Cl2N2O2S/c1-13(26-19-10-9-16(22)11-18(19)23)20-24-25-21(27-20)28-12-15-7-4-6-14-5-2-3-8-17(14)15/h2-11,13H,12H2,1H3/t13-/m1/s1. The number of halogens is 2. The van der Waals surface area contributed by atoms with E-state index < -0.39 is 6.10 Å². The minimum atomic E-state index is -0.432. The molecule has 4 rings (SSSR count). The predicted molar refractivity (Wildman–Crippen MR) is 113 cm³/mol. The Hall–Kier alpha value is -2.21. The van der Waals surface area contributed by atoms with Crippen LogP contribution < -0.4 is 4.74 Å². The SMILES string of the molecule is C[C@@H](Oc1ccc(Cl)cc1Cl)c1nnc(SCc2cccc3ccccc23)o1. The third-order valence-corrected chi connectivity index (χ3v) is 5.60. The first kappa shape index (κ1) is 19.1. The van der Waals surface area contributed by atoms with Gasteiger partial charge in [0.05, 0.1) is 5.02 Å². The average molecular weight is 431 g/mol. The van der Waals surface area contributed by atoms with Crippen molar-refractivity contribution in [3.8, 4) is 5.75 Å². The molecular formula is C21H16Cl2N2O2S. The molecular weight excluding hydrogens is 415 g/mol. The van der Waals surface area contributed by atoms with Crippen molar-refractivity contribution in [1.82, 2.24) is 10.2 Å². The van der Waals surface area contributed by atoms with E-state index in [0.717, 1.165) is 5.75 Å². The largest absolute Gasteiger partial charge is 0.479 e. The Kier molecular flexibility index (Phi) is 5.76. The van der Waals surface area contributed by atoms with E-state index in [1.54, 1.807) is 18.2 Å². The molecule has 142 valence electrons. The van der Waals surface area contributed by atoms with Crippen molar-refractivity contribution in [3.63, 3.8) is 0 Å². The Morgan fingerprint density at radius 3 is 2.71 bits per heavy atom. The molecule has 28 heavy (non-hydrogen) atoms. The maximum absolute atomic E-state index is 6.15. The van der Waals surface area contributed by atoms with Crippen molar-refractivity contribution in [1.29, 1.82) is 0 Å². The molecule has 0 aliphatic heterocycles. The molecule has 0 N–H and O–H groups in total. The van der Waals surface area contributed by atoms with E-state index in [1.807, 2.05) is 19.1 Å². The molecule has 0 amide bonds. The van der Waals surface area contributed by atoms with Gasteiger partial charge >= 0.3 is 0 Å². The highest BCUT2D eigenvalue weighted by atomic mass is 35.5. The highest BCUT2D eigenvalue weighted by molar-refractivity contribution is 7.98. The number of hydrogen-bond donors (Lipinski definition) is 0. The van der Waals surface area contributed by atoms with Crippen LogP contribution in [0.4, 0.5) is 0 Å². The average Bonchev–Trinajstić information content (AvgIpc) is 3.17. The molecule has 1 atom stereocenters. The number of hydrogen-bond acceptors (Lipinski definition) is 5. The van der Waals surface area contributed by atoms with Crippen LogP contribution in [0.25, 0.3) is 10.8 Å². The van der Waals surface area contributed by atoms with Crippen LogP contribution in [0.2, 0.25) is 10.0 Å².